The highest BCUT2D eigenvalue weighted by Gasteiger charge is 2.39. The van der Waals surface area contributed by atoms with Crippen molar-refractivity contribution in [3.63, 3.8) is 0 Å². The highest BCUT2D eigenvalue weighted by molar-refractivity contribution is 7.40. The largest absolute Gasteiger partial charge is 0.103 e. The van der Waals surface area contributed by atoms with Crippen LogP contribution in [0.15, 0.2) is 43.5 Å². The topological polar surface area (TPSA) is 0 Å². The lowest BCUT2D eigenvalue weighted by Gasteiger charge is -2.38. The van der Waals surface area contributed by atoms with E-state index in [1.807, 2.05) is 6.08 Å². The summed E-state index contributed by atoms with van der Waals surface area (Å²) in [5.41, 5.74) is 2.70. The molecule has 0 radical (unpaired) electrons. The van der Waals surface area contributed by atoms with Crippen molar-refractivity contribution < 1.29 is 0 Å². The zero-order valence-electron chi connectivity index (χ0n) is 12.3. The standard InChI is InChI=1S/C16H26Si2/c1-7-13-17(3,4)18(5,6)14-16-11-9-15(8-2)10-12-16/h7-12H,1-2,13-14H2,3-6H3. The van der Waals surface area contributed by atoms with Gasteiger partial charge < -0.3 is 0 Å². The average Bonchev–Trinajstić information content (AvgIpc) is 2.29. The molecule has 0 atom stereocenters. The van der Waals surface area contributed by atoms with E-state index in [-0.39, 0.29) is 0 Å². The molecule has 0 aliphatic heterocycles. The minimum Gasteiger partial charge on any atom is -0.103 e. The molecule has 1 aromatic carbocycles. The lowest BCUT2D eigenvalue weighted by atomic mass is 10.1. The lowest BCUT2D eigenvalue weighted by Crippen LogP contribution is -2.56. The average molecular weight is 275 g/mol. The van der Waals surface area contributed by atoms with Crippen LogP contribution < -0.4 is 0 Å². The molecule has 0 bridgehead atoms. The predicted octanol–water partition coefficient (Wildman–Crippen LogP) is 5.09. The Labute approximate surface area is 114 Å². The second-order valence-corrected chi connectivity index (χ2v) is 22.8. The van der Waals surface area contributed by atoms with Gasteiger partial charge in [0, 0.05) is 15.2 Å². The van der Waals surface area contributed by atoms with Gasteiger partial charge in [-0.1, -0.05) is 74.7 Å². The smallest absolute Gasteiger partial charge is 0.0459 e. The van der Waals surface area contributed by atoms with Crippen molar-refractivity contribution >= 4 is 21.3 Å². The van der Waals surface area contributed by atoms with Crippen LogP contribution in [0.25, 0.3) is 6.08 Å². The molecule has 0 aliphatic carbocycles. The molecular formula is C16H26Si2. The van der Waals surface area contributed by atoms with Gasteiger partial charge in [-0.25, -0.2) is 0 Å². The maximum atomic E-state index is 3.93. The fraction of sp³-hybridized carbons (Fsp3) is 0.375. The second-order valence-electron chi connectivity index (χ2n) is 6.38. The maximum absolute atomic E-state index is 3.93. The van der Waals surface area contributed by atoms with Gasteiger partial charge in [-0.15, -0.1) is 6.58 Å². The van der Waals surface area contributed by atoms with E-state index in [2.05, 4.69) is 69.7 Å². The minimum absolute atomic E-state index is 1.13. The first-order valence-electron chi connectivity index (χ1n) is 6.65. The van der Waals surface area contributed by atoms with Crippen LogP contribution in [0, 0.1) is 0 Å². The molecule has 98 valence electrons. The van der Waals surface area contributed by atoms with Crippen LogP contribution in [-0.4, -0.2) is 15.2 Å². The highest BCUT2D eigenvalue weighted by Crippen LogP contribution is 2.27. The van der Waals surface area contributed by atoms with Crippen molar-refractivity contribution in [2.24, 2.45) is 0 Å². The van der Waals surface area contributed by atoms with E-state index < -0.39 is 15.2 Å². The number of hydrogen-bond acceptors (Lipinski definition) is 0. The van der Waals surface area contributed by atoms with Gasteiger partial charge in [-0.05, 0) is 17.7 Å². The zero-order chi connectivity index (χ0) is 13.8. The van der Waals surface area contributed by atoms with Crippen LogP contribution in [0.5, 0.6) is 0 Å². The molecular weight excluding hydrogens is 248 g/mol. The number of rotatable bonds is 6. The van der Waals surface area contributed by atoms with E-state index in [1.54, 1.807) is 0 Å². The van der Waals surface area contributed by atoms with E-state index in [0.29, 0.717) is 0 Å². The highest BCUT2D eigenvalue weighted by atomic mass is 29.3. The Balaban J connectivity index is 2.86. The van der Waals surface area contributed by atoms with Gasteiger partial charge in [0.05, 0.1) is 0 Å². The minimum atomic E-state index is -1.18. The zero-order valence-corrected chi connectivity index (χ0v) is 14.3. The normalized spacial score (nSPS) is 12.2. The maximum Gasteiger partial charge on any atom is 0.0459 e. The number of benzene rings is 1. The van der Waals surface area contributed by atoms with E-state index in [9.17, 15) is 0 Å². The molecule has 1 aromatic rings. The summed E-state index contributed by atoms with van der Waals surface area (Å²) in [5, 5.41) is 0. The molecule has 0 saturated carbocycles. The molecule has 18 heavy (non-hydrogen) atoms. The molecule has 0 saturated heterocycles. The van der Waals surface area contributed by atoms with Crippen LogP contribution in [0.3, 0.4) is 0 Å². The Morgan fingerprint density at radius 3 is 1.94 bits per heavy atom. The van der Waals surface area contributed by atoms with Gasteiger partial charge in [0.2, 0.25) is 0 Å². The van der Waals surface area contributed by atoms with Crippen molar-refractivity contribution in [1.82, 2.24) is 0 Å². The molecule has 0 unspecified atom stereocenters. The monoisotopic (exact) mass is 274 g/mol. The molecule has 0 spiro atoms. The summed E-state index contributed by atoms with van der Waals surface area (Å²) in [5.74, 6) is 0. The molecule has 0 aliphatic rings. The first kappa shape index (κ1) is 15.2. The van der Waals surface area contributed by atoms with Crippen LogP contribution in [0.4, 0.5) is 0 Å². The third-order valence-electron chi connectivity index (χ3n) is 4.35. The van der Waals surface area contributed by atoms with Crippen LogP contribution in [0.2, 0.25) is 32.2 Å². The first-order chi connectivity index (χ1) is 8.32. The Morgan fingerprint density at radius 2 is 1.50 bits per heavy atom. The summed E-state index contributed by atoms with van der Waals surface area (Å²) >= 11 is 0. The molecule has 0 heterocycles. The van der Waals surface area contributed by atoms with Crippen LogP contribution in [-0.2, 0) is 6.04 Å². The Bertz CT molecular complexity index is 413. The summed E-state index contributed by atoms with van der Waals surface area (Å²) in [6.45, 7) is 17.9. The number of allylic oxidation sites excluding steroid dienone is 1. The fourth-order valence-corrected chi connectivity index (χ4v) is 9.31. The molecule has 0 N–H and O–H groups in total. The van der Waals surface area contributed by atoms with Crippen molar-refractivity contribution in [1.29, 1.82) is 0 Å². The molecule has 0 nitrogen and oxygen atoms in total. The fourth-order valence-electron chi connectivity index (χ4n) is 2.16. The Morgan fingerprint density at radius 1 is 0.944 bits per heavy atom. The lowest BCUT2D eigenvalue weighted by molar-refractivity contribution is 1.32. The molecule has 0 amide bonds. The van der Waals surface area contributed by atoms with Gasteiger partial charge in [-0.3, -0.25) is 0 Å². The van der Waals surface area contributed by atoms with Gasteiger partial charge in [-0.2, -0.15) is 0 Å². The van der Waals surface area contributed by atoms with Gasteiger partial charge >= 0.3 is 0 Å². The van der Waals surface area contributed by atoms with Gasteiger partial charge in [0.1, 0.15) is 0 Å². The molecule has 0 aromatic heterocycles. The molecule has 1 rings (SSSR count). The van der Waals surface area contributed by atoms with Crippen LogP contribution >= 0.6 is 0 Å². The van der Waals surface area contributed by atoms with E-state index >= 15 is 0 Å². The van der Waals surface area contributed by atoms with Crippen molar-refractivity contribution in [2.75, 3.05) is 0 Å². The van der Waals surface area contributed by atoms with E-state index in [4.69, 9.17) is 0 Å². The Hall–Kier alpha value is -0.866. The van der Waals surface area contributed by atoms with Gasteiger partial charge in [0.25, 0.3) is 0 Å². The summed E-state index contributed by atoms with van der Waals surface area (Å²) < 4.78 is 0. The van der Waals surface area contributed by atoms with Crippen LogP contribution in [0.1, 0.15) is 11.1 Å². The number of hydrogen-bond donors (Lipinski definition) is 0. The summed E-state index contributed by atoms with van der Waals surface area (Å²) in [6.07, 6.45) is 4.03. The predicted molar refractivity (Wildman–Crippen MR) is 90.2 cm³/mol. The SMILES string of the molecule is C=CC[Si](C)(C)[Si](C)(C)Cc1ccc(C=C)cc1. The van der Waals surface area contributed by atoms with Crippen molar-refractivity contribution in [3.05, 3.63) is 54.6 Å². The first-order valence-corrected chi connectivity index (χ1v) is 14.1. The Kier molecular flexibility index (Phi) is 4.94. The third-order valence-corrected chi connectivity index (χ3v) is 22.7. The molecule has 0 fully saturated rings. The second kappa shape index (κ2) is 5.85. The quantitative estimate of drug-likeness (QED) is 0.500. The summed E-state index contributed by atoms with van der Waals surface area (Å²) in [4.78, 5) is 0. The van der Waals surface area contributed by atoms with Crippen molar-refractivity contribution in [2.45, 2.75) is 38.3 Å². The molecule has 2 heteroatoms. The summed E-state index contributed by atoms with van der Waals surface area (Å²) in [6, 6.07) is 11.4. The van der Waals surface area contributed by atoms with Crippen molar-refractivity contribution in [3.8, 4) is 0 Å². The van der Waals surface area contributed by atoms with Gasteiger partial charge in [0.15, 0.2) is 0 Å². The van der Waals surface area contributed by atoms with E-state index in [0.717, 1.165) is 0 Å². The summed E-state index contributed by atoms with van der Waals surface area (Å²) in [7, 11) is -2.31. The third kappa shape index (κ3) is 3.56. The van der Waals surface area contributed by atoms with E-state index in [1.165, 1.54) is 23.2 Å².